The van der Waals surface area contributed by atoms with Crippen molar-refractivity contribution < 1.29 is 14.4 Å². The quantitative estimate of drug-likeness (QED) is 0.495. The van der Waals surface area contributed by atoms with E-state index in [1.807, 2.05) is 54.6 Å². The Morgan fingerprint density at radius 3 is 2.32 bits per heavy atom. The van der Waals surface area contributed by atoms with Crippen LogP contribution in [0.5, 0.6) is 5.75 Å². The zero-order valence-corrected chi connectivity index (χ0v) is 12.8. The second-order valence-electron chi connectivity index (χ2n) is 4.59. The summed E-state index contributed by atoms with van der Waals surface area (Å²) in [4.78, 5) is 18.1. The molecule has 0 bridgehead atoms. The predicted molar refractivity (Wildman–Crippen MR) is 86.1 cm³/mol. The molecule has 114 valence electrons. The molecule has 0 aliphatic carbocycles. The van der Waals surface area contributed by atoms with Crippen LogP contribution in [0.2, 0.25) is 0 Å². The van der Waals surface area contributed by atoms with Crippen molar-refractivity contribution in [3.63, 3.8) is 0 Å². The lowest BCUT2D eigenvalue weighted by Crippen LogP contribution is -2.26. The van der Waals surface area contributed by atoms with Gasteiger partial charge in [-0.05, 0) is 29.4 Å². The van der Waals surface area contributed by atoms with Crippen LogP contribution in [0.1, 0.15) is 12.5 Å². The zero-order chi connectivity index (χ0) is 15.9. The molecule has 0 spiro atoms. The van der Waals surface area contributed by atoms with Gasteiger partial charge in [0.15, 0.2) is 0 Å². The minimum Gasteiger partial charge on any atom is -0.436 e. The van der Waals surface area contributed by atoms with E-state index >= 15 is 0 Å². The highest BCUT2D eigenvalue weighted by atomic mass is 16.6. The van der Waals surface area contributed by atoms with Crippen LogP contribution in [0.25, 0.3) is 0 Å². The minimum absolute atomic E-state index is 0.0797. The Labute approximate surface area is 129 Å². The molecule has 0 aromatic heterocycles. The van der Waals surface area contributed by atoms with E-state index in [2.05, 4.69) is 5.16 Å². The van der Waals surface area contributed by atoms with Gasteiger partial charge in [0.2, 0.25) is 5.91 Å². The molecule has 0 saturated heterocycles. The summed E-state index contributed by atoms with van der Waals surface area (Å²) in [6.07, 6.45) is 0. The molecule has 0 aliphatic rings. The first kappa shape index (κ1) is 15.6. The van der Waals surface area contributed by atoms with Crippen LogP contribution in [0, 0.1) is 0 Å². The van der Waals surface area contributed by atoms with Crippen LogP contribution in [-0.4, -0.2) is 26.0 Å². The number of hydrogen-bond acceptors (Lipinski definition) is 4. The van der Waals surface area contributed by atoms with Crippen LogP contribution in [0.4, 0.5) is 5.69 Å². The molecule has 0 heterocycles. The zero-order valence-electron chi connectivity index (χ0n) is 12.8. The van der Waals surface area contributed by atoms with Crippen LogP contribution >= 0.6 is 0 Å². The van der Waals surface area contributed by atoms with Crippen molar-refractivity contribution in [1.82, 2.24) is 0 Å². The molecule has 0 atom stereocenters. The number of rotatable bonds is 4. The first-order valence-corrected chi connectivity index (χ1v) is 6.81. The minimum atomic E-state index is -0.0797. The summed E-state index contributed by atoms with van der Waals surface area (Å²) >= 11 is 0. The van der Waals surface area contributed by atoms with Crippen molar-refractivity contribution >= 4 is 17.5 Å². The van der Waals surface area contributed by atoms with Crippen molar-refractivity contribution in [3.05, 3.63) is 60.2 Å². The van der Waals surface area contributed by atoms with E-state index in [1.165, 1.54) is 18.9 Å². The fourth-order valence-corrected chi connectivity index (χ4v) is 1.92. The van der Waals surface area contributed by atoms with E-state index in [4.69, 9.17) is 9.57 Å². The average molecular weight is 298 g/mol. The van der Waals surface area contributed by atoms with Gasteiger partial charge >= 0.3 is 0 Å². The molecule has 0 radical (unpaired) electrons. The van der Waals surface area contributed by atoms with E-state index in [0.29, 0.717) is 17.0 Å². The molecule has 2 rings (SSSR count). The predicted octanol–water partition coefficient (Wildman–Crippen LogP) is 3.06. The number of oxime groups is 1. The second kappa shape index (κ2) is 7.26. The summed E-state index contributed by atoms with van der Waals surface area (Å²) < 4.78 is 5.80. The highest BCUT2D eigenvalue weighted by molar-refractivity contribution is 6.04. The Morgan fingerprint density at radius 2 is 1.68 bits per heavy atom. The van der Waals surface area contributed by atoms with E-state index in [9.17, 15) is 4.79 Å². The molecular formula is C17H18N2O3. The molecule has 0 aliphatic heterocycles. The molecule has 2 aromatic carbocycles. The fourth-order valence-electron chi connectivity index (χ4n) is 1.92. The summed E-state index contributed by atoms with van der Waals surface area (Å²) in [6, 6.07) is 16.6. The molecule has 0 fully saturated rings. The number of benzene rings is 2. The van der Waals surface area contributed by atoms with Crippen molar-refractivity contribution in [2.45, 2.75) is 6.92 Å². The maximum absolute atomic E-state index is 11.6. The van der Waals surface area contributed by atoms with Crippen LogP contribution < -0.4 is 9.64 Å². The Morgan fingerprint density at radius 1 is 1.05 bits per heavy atom. The van der Waals surface area contributed by atoms with Crippen LogP contribution in [0.15, 0.2) is 59.8 Å². The molecular weight excluding hydrogens is 280 g/mol. The van der Waals surface area contributed by atoms with Gasteiger partial charge in [0.25, 0.3) is 5.90 Å². The van der Waals surface area contributed by atoms with Crippen LogP contribution in [-0.2, 0) is 9.63 Å². The Balaban J connectivity index is 2.42. The fraction of sp³-hybridized carbons (Fsp3) is 0.176. The molecule has 5 nitrogen and oxygen atoms in total. The lowest BCUT2D eigenvalue weighted by molar-refractivity contribution is -0.116. The molecule has 0 saturated carbocycles. The Kier molecular flexibility index (Phi) is 5.14. The molecule has 5 heteroatoms. The number of para-hydroxylation sites is 2. The van der Waals surface area contributed by atoms with Gasteiger partial charge in [0.1, 0.15) is 12.9 Å². The van der Waals surface area contributed by atoms with Gasteiger partial charge in [-0.15, -0.1) is 0 Å². The second-order valence-corrected chi connectivity index (χ2v) is 4.59. The number of nitrogens with zero attached hydrogens (tertiary/aromatic N) is 2. The number of carbonyl (C=O) groups excluding carboxylic acids is 1. The van der Waals surface area contributed by atoms with E-state index in [0.717, 1.165) is 0 Å². The van der Waals surface area contributed by atoms with Gasteiger partial charge in [-0.3, -0.25) is 4.79 Å². The summed E-state index contributed by atoms with van der Waals surface area (Å²) in [5.41, 5.74) is 1.37. The number of anilines is 1. The Hall–Kier alpha value is -2.82. The van der Waals surface area contributed by atoms with Gasteiger partial charge in [-0.1, -0.05) is 30.3 Å². The standard InChI is InChI=1S/C17H18N2O3/c1-13(20)19(2)16-12-8-7-11-15(16)17(18-21-3)22-14-9-5-4-6-10-14/h4-12H,1-3H3. The summed E-state index contributed by atoms with van der Waals surface area (Å²) in [5.74, 6) is 0.847. The van der Waals surface area contributed by atoms with Gasteiger partial charge in [0.05, 0.1) is 11.3 Å². The number of amides is 1. The summed E-state index contributed by atoms with van der Waals surface area (Å²) in [7, 11) is 3.15. The maximum atomic E-state index is 11.6. The normalized spacial score (nSPS) is 11.0. The molecule has 1 amide bonds. The van der Waals surface area contributed by atoms with Gasteiger partial charge < -0.3 is 14.5 Å². The van der Waals surface area contributed by atoms with E-state index in [1.54, 1.807) is 7.05 Å². The van der Waals surface area contributed by atoms with Gasteiger partial charge in [-0.25, -0.2) is 0 Å². The Bertz CT molecular complexity index is 669. The highest BCUT2D eigenvalue weighted by Gasteiger charge is 2.17. The molecule has 22 heavy (non-hydrogen) atoms. The van der Waals surface area contributed by atoms with E-state index < -0.39 is 0 Å². The lowest BCUT2D eigenvalue weighted by Gasteiger charge is -2.19. The van der Waals surface area contributed by atoms with Crippen molar-refractivity contribution in [2.24, 2.45) is 5.16 Å². The molecule has 0 N–H and O–H groups in total. The summed E-state index contributed by atoms with van der Waals surface area (Å²) in [6.45, 7) is 1.50. The van der Waals surface area contributed by atoms with Gasteiger partial charge in [-0.2, -0.15) is 0 Å². The third-order valence-electron chi connectivity index (χ3n) is 3.10. The highest BCUT2D eigenvalue weighted by Crippen LogP contribution is 2.22. The van der Waals surface area contributed by atoms with Gasteiger partial charge in [0, 0.05) is 14.0 Å². The number of carbonyl (C=O) groups is 1. The van der Waals surface area contributed by atoms with Crippen molar-refractivity contribution in [2.75, 3.05) is 19.1 Å². The number of ether oxygens (including phenoxy) is 1. The first-order valence-electron chi connectivity index (χ1n) is 6.81. The third-order valence-corrected chi connectivity index (χ3v) is 3.10. The largest absolute Gasteiger partial charge is 0.436 e. The third kappa shape index (κ3) is 3.63. The SMILES string of the molecule is CON=C(Oc1ccccc1)c1ccccc1N(C)C(C)=O. The maximum Gasteiger partial charge on any atom is 0.265 e. The summed E-state index contributed by atoms with van der Waals surface area (Å²) in [5, 5.41) is 3.95. The van der Waals surface area contributed by atoms with Crippen LogP contribution in [0.3, 0.4) is 0 Å². The lowest BCUT2D eigenvalue weighted by atomic mass is 10.1. The average Bonchev–Trinajstić information content (AvgIpc) is 2.54. The van der Waals surface area contributed by atoms with Crippen molar-refractivity contribution in [1.29, 1.82) is 0 Å². The molecule has 0 unspecified atom stereocenters. The van der Waals surface area contributed by atoms with Crippen molar-refractivity contribution in [3.8, 4) is 5.75 Å². The topological polar surface area (TPSA) is 51.1 Å². The number of hydrogen-bond donors (Lipinski definition) is 0. The molecule has 2 aromatic rings. The van der Waals surface area contributed by atoms with E-state index in [-0.39, 0.29) is 11.8 Å². The smallest absolute Gasteiger partial charge is 0.265 e. The first-order chi connectivity index (χ1) is 10.6. The monoisotopic (exact) mass is 298 g/mol.